The Morgan fingerprint density at radius 3 is 2.36 bits per heavy atom. The zero-order valence-electron chi connectivity index (χ0n) is 7.03. The van der Waals surface area contributed by atoms with E-state index in [0.717, 1.165) is 0 Å². The number of benzene rings is 1. The minimum absolute atomic E-state index is 0.157. The number of halogens is 4. The van der Waals surface area contributed by atoms with E-state index in [-0.39, 0.29) is 6.54 Å². The first-order chi connectivity index (χ1) is 6.49. The summed E-state index contributed by atoms with van der Waals surface area (Å²) in [6.45, 7) is -0.157. The Bertz CT molecular complexity index is 357. The molecule has 6 heteroatoms. The molecule has 1 atom stereocenters. The number of rotatable bonds is 2. The summed E-state index contributed by atoms with van der Waals surface area (Å²) < 4.78 is 39.0. The maximum atomic E-state index is 13.2. The van der Waals surface area contributed by atoms with Gasteiger partial charge in [0.1, 0.15) is 16.7 Å². The van der Waals surface area contributed by atoms with Crippen molar-refractivity contribution in [2.75, 3.05) is 6.54 Å². The second kappa shape index (κ2) is 4.16. The Morgan fingerprint density at radius 2 is 1.86 bits per heavy atom. The highest BCUT2D eigenvalue weighted by molar-refractivity contribution is 6.30. The summed E-state index contributed by atoms with van der Waals surface area (Å²) in [7, 11) is 0. The lowest BCUT2D eigenvalue weighted by molar-refractivity contribution is 0.505. The first-order valence-corrected chi connectivity index (χ1v) is 4.15. The molecule has 4 N–H and O–H groups in total. The van der Waals surface area contributed by atoms with Gasteiger partial charge in [0.15, 0.2) is 5.82 Å². The average molecular weight is 225 g/mol. The summed E-state index contributed by atoms with van der Waals surface area (Å²) >= 11 is 5.24. The van der Waals surface area contributed by atoms with Crippen molar-refractivity contribution in [3.05, 3.63) is 34.1 Å². The monoisotopic (exact) mass is 224 g/mol. The molecule has 2 nitrogen and oxygen atoms in total. The van der Waals surface area contributed by atoms with Crippen LogP contribution in [0.15, 0.2) is 6.07 Å². The van der Waals surface area contributed by atoms with E-state index in [1.807, 2.05) is 0 Å². The molecule has 1 aromatic rings. The molecule has 1 aromatic carbocycles. The van der Waals surface area contributed by atoms with Crippen LogP contribution < -0.4 is 11.5 Å². The first kappa shape index (κ1) is 11.3. The molecular formula is C8H8ClF3N2. The Hall–Kier alpha value is -0.780. The summed E-state index contributed by atoms with van der Waals surface area (Å²) in [5.41, 5.74) is 9.98. The zero-order valence-corrected chi connectivity index (χ0v) is 7.78. The SMILES string of the molecule is NC[C@@H](N)c1c(F)cc(F)c(Cl)c1F. The highest BCUT2D eigenvalue weighted by atomic mass is 35.5. The third-order valence-electron chi connectivity index (χ3n) is 1.77. The van der Waals surface area contributed by atoms with Gasteiger partial charge >= 0.3 is 0 Å². The van der Waals surface area contributed by atoms with E-state index in [1.54, 1.807) is 0 Å². The zero-order chi connectivity index (χ0) is 10.9. The maximum Gasteiger partial charge on any atom is 0.152 e. The summed E-state index contributed by atoms with van der Waals surface area (Å²) in [5.74, 6) is -3.43. The van der Waals surface area contributed by atoms with Crippen LogP contribution in [-0.4, -0.2) is 6.54 Å². The van der Waals surface area contributed by atoms with E-state index < -0.39 is 34.1 Å². The van der Waals surface area contributed by atoms with Gasteiger partial charge in [-0.3, -0.25) is 0 Å². The minimum Gasteiger partial charge on any atom is -0.329 e. The van der Waals surface area contributed by atoms with Crippen LogP contribution in [0.3, 0.4) is 0 Å². The Morgan fingerprint density at radius 1 is 1.29 bits per heavy atom. The van der Waals surface area contributed by atoms with Crippen LogP contribution >= 0.6 is 11.6 Å². The molecular weight excluding hydrogens is 217 g/mol. The molecule has 0 bridgehead atoms. The summed E-state index contributed by atoms with van der Waals surface area (Å²) in [5, 5.41) is -0.773. The predicted octanol–water partition coefficient (Wildman–Crippen LogP) is 1.72. The van der Waals surface area contributed by atoms with Crippen LogP contribution in [0.1, 0.15) is 11.6 Å². The third-order valence-corrected chi connectivity index (χ3v) is 2.12. The van der Waals surface area contributed by atoms with Crippen molar-refractivity contribution in [1.82, 2.24) is 0 Å². The molecule has 0 aliphatic carbocycles. The van der Waals surface area contributed by atoms with Crippen LogP contribution in [0, 0.1) is 17.5 Å². The van der Waals surface area contributed by atoms with Crippen molar-refractivity contribution >= 4 is 11.6 Å². The van der Waals surface area contributed by atoms with Gasteiger partial charge in [0.05, 0.1) is 0 Å². The third kappa shape index (κ3) is 1.84. The largest absolute Gasteiger partial charge is 0.329 e. The molecule has 0 aromatic heterocycles. The Labute approximate surface area is 83.6 Å². The first-order valence-electron chi connectivity index (χ1n) is 3.77. The number of hydrogen-bond donors (Lipinski definition) is 2. The van der Waals surface area contributed by atoms with Crippen LogP contribution in [0.25, 0.3) is 0 Å². The second-order valence-corrected chi connectivity index (χ2v) is 3.10. The van der Waals surface area contributed by atoms with Gasteiger partial charge in [-0.1, -0.05) is 11.6 Å². The van der Waals surface area contributed by atoms with Gasteiger partial charge in [-0.05, 0) is 0 Å². The van der Waals surface area contributed by atoms with Gasteiger partial charge in [0, 0.05) is 24.2 Å². The summed E-state index contributed by atoms with van der Waals surface area (Å²) in [6, 6.07) is -0.552. The molecule has 14 heavy (non-hydrogen) atoms. The fourth-order valence-corrected chi connectivity index (χ4v) is 1.19. The standard InChI is InChI=1S/C8H8ClF3N2/c9-7-4(11)1-3(10)6(8(7)12)5(14)2-13/h1,5H,2,13-14H2/t5-/m1/s1. The Balaban J connectivity index is 3.36. The van der Waals surface area contributed by atoms with Crippen LogP contribution in [0.4, 0.5) is 13.2 Å². The molecule has 0 radical (unpaired) electrons. The summed E-state index contributed by atoms with van der Waals surface area (Å²) in [6.07, 6.45) is 0. The van der Waals surface area contributed by atoms with Gasteiger partial charge < -0.3 is 11.5 Å². The average Bonchev–Trinajstić information content (AvgIpc) is 2.14. The molecule has 0 heterocycles. The molecule has 0 saturated carbocycles. The van der Waals surface area contributed by atoms with Crippen molar-refractivity contribution in [2.45, 2.75) is 6.04 Å². The molecule has 0 aliphatic rings. The number of hydrogen-bond acceptors (Lipinski definition) is 2. The molecule has 0 unspecified atom stereocenters. The van der Waals surface area contributed by atoms with E-state index in [2.05, 4.69) is 0 Å². The van der Waals surface area contributed by atoms with Crippen LogP contribution in [0.2, 0.25) is 5.02 Å². The lowest BCUT2D eigenvalue weighted by Gasteiger charge is -2.12. The van der Waals surface area contributed by atoms with E-state index in [4.69, 9.17) is 23.1 Å². The normalized spacial score (nSPS) is 13.0. The predicted molar refractivity (Wildman–Crippen MR) is 47.3 cm³/mol. The van der Waals surface area contributed by atoms with E-state index in [0.29, 0.717) is 6.07 Å². The smallest absolute Gasteiger partial charge is 0.152 e. The fraction of sp³-hybridized carbons (Fsp3) is 0.250. The second-order valence-electron chi connectivity index (χ2n) is 2.72. The molecule has 0 saturated heterocycles. The highest BCUT2D eigenvalue weighted by Gasteiger charge is 2.21. The molecule has 1 rings (SSSR count). The molecule has 0 spiro atoms. The van der Waals surface area contributed by atoms with Crippen LogP contribution in [0.5, 0.6) is 0 Å². The van der Waals surface area contributed by atoms with Crippen molar-refractivity contribution in [3.63, 3.8) is 0 Å². The lowest BCUT2D eigenvalue weighted by Crippen LogP contribution is -2.23. The van der Waals surface area contributed by atoms with Gasteiger partial charge in [0.2, 0.25) is 0 Å². The van der Waals surface area contributed by atoms with Crippen molar-refractivity contribution in [1.29, 1.82) is 0 Å². The molecule has 78 valence electrons. The van der Waals surface area contributed by atoms with Gasteiger partial charge in [0.25, 0.3) is 0 Å². The quantitative estimate of drug-likeness (QED) is 0.594. The fourth-order valence-electron chi connectivity index (χ4n) is 1.04. The van der Waals surface area contributed by atoms with E-state index in [1.165, 1.54) is 0 Å². The van der Waals surface area contributed by atoms with Crippen molar-refractivity contribution in [2.24, 2.45) is 11.5 Å². The lowest BCUT2D eigenvalue weighted by atomic mass is 10.1. The Kier molecular flexibility index (Phi) is 3.36. The van der Waals surface area contributed by atoms with Crippen molar-refractivity contribution < 1.29 is 13.2 Å². The minimum atomic E-state index is -1.19. The molecule has 0 aliphatic heterocycles. The molecule has 0 amide bonds. The number of nitrogens with two attached hydrogens (primary N) is 2. The summed E-state index contributed by atoms with van der Waals surface area (Å²) in [4.78, 5) is 0. The van der Waals surface area contributed by atoms with Crippen molar-refractivity contribution in [3.8, 4) is 0 Å². The highest BCUT2D eigenvalue weighted by Crippen LogP contribution is 2.27. The van der Waals surface area contributed by atoms with Gasteiger partial charge in [-0.25, -0.2) is 13.2 Å². The molecule has 0 fully saturated rings. The van der Waals surface area contributed by atoms with Crippen LogP contribution in [-0.2, 0) is 0 Å². The topological polar surface area (TPSA) is 52.0 Å². The van der Waals surface area contributed by atoms with Gasteiger partial charge in [-0.15, -0.1) is 0 Å². The van der Waals surface area contributed by atoms with E-state index >= 15 is 0 Å². The van der Waals surface area contributed by atoms with E-state index in [9.17, 15) is 13.2 Å². The van der Waals surface area contributed by atoms with Gasteiger partial charge in [-0.2, -0.15) is 0 Å². The maximum absolute atomic E-state index is 13.2.